The zero-order valence-corrected chi connectivity index (χ0v) is 4.65. The third-order valence-electron chi connectivity index (χ3n) is 0.452. The Hall–Kier alpha value is -0.480. The first kappa shape index (κ1) is 6.52. The summed E-state index contributed by atoms with van der Waals surface area (Å²) >= 11 is 5.25. The van der Waals surface area contributed by atoms with Crippen molar-refractivity contribution >= 4 is 11.6 Å². The molecule has 1 nitrogen and oxygen atoms in total. The van der Waals surface area contributed by atoms with Gasteiger partial charge in [-0.05, 0) is 6.08 Å². The van der Waals surface area contributed by atoms with Crippen LogP contribution < -0.4 is 0 Å². The number of halogens is 1. The second-order valence-corrected chi connectivity index (χ2v) is 1.28. The van der Waals surface area contributed by atoms with Crippen LogP contribution in [-0.4, -0.2) is 12.4 Å². The van der Waals surface area contributed by atoms with Crippen molar-refractivity contribution < 1.29 is 0 Å². The van der Waals surface area contributed by atoms with Crippen LogP contribution in [0.5, 0.6) is 0 Å². The number of nitrogens with zero attached hydrogens (tertiary/aromatic N) is 1. The molecule has 0 aromatic carbocycles. The summed E-state index contributed by atoms with van der Waals surface area (Å²) in [5.74, 6) is 0.509. The standard InChI is InChI=1S/C5H6ClN/c1-7-5-3-2-4-6/h2-3H,4-5H2. The first-order valence-corrected chi connectivity index (χ1v) is 2.49. The largest absolute Gasteiger partial charge is 0.312 e. The van der Waals surface area contributed by atoms with E-state index in [0.717, 1.165) is 0 Å². The molecule has 0 saturated carbocycles. The maximum atomic E-state index is 6.31. The van der Waals surface area contributed by atoms with Crippen LogP contribution in [0.1, 0.15) is 0 Å². The summed E-state index contributed by atoms with van der Waals surface area (Å²) in [7, 11) is 0. The van der Waals surface area contributed by atoms with E-state index in [2.05, 4.69) is 4.85 Å². The van der Waals surface area contributed by atoms with E-state index in [4.69, 9.17) is 18.2 Å². The molecule has 38 valence electrons. The average molecular weight is 116 g/mol. The molecule has 0 aromatic rings. The molecule has 7 heavy (non-hydrogen) atoms. The van der Waals surface area contributed by atoms with Gasteiger partial charge in [-0.15, -0.1) is 11.6 Å². The molecule has 0 fully saturated rings. The minimum Gasteiger partial charge on any atom is -0.312 e. The van der Waals surface area contributed by atoms with Crippen LogP contribution in [0.3, 0.4) is 0 Å². The van der Waals surface area contributed by atoms with Gasteiger partial charge in [-0.2, -0.15) is 0 Å². The molecule has 0 unspecified atom stereocenters. The molecule has 0 aliphatic heterocycles. The molecule has 0 aliphatic rings. The SMILES string of the molecule is [C-]#[N+]CC=CCCl. The summed E-state index contributed by atoms with van der Waals surface area (Å²) in [6.07, 6.45) is 3.51. The minimum absolute atomic E-state index is 0.451. The Bertz CT molecular complexity index is 90.7. The highest BCUT2D eigenvalue weighted by Crippen LogP contribution is 1.77. The zero-order valence-electron chi connectivity index (χ0n) is 3.89. The van der Waals surface area contributed by atoms with Crippen molar-refractivity contribution in [2.24, 2.45) is 0 Å². The Balaban J connectivity index is 2.97. The molecule has 0 saturated heterocycles. The van der Waals surface area contributed by atoms with Crippen LogP contribution in [0.4, 0.5) is 0 Å². The summed E-state index contributed by atoms with van der Waals surface area (Å²) in [5.41, 5.74) is 0. The molecular weight excluding hydrogens is 110 g/mol. The molecule has 0 aliphatic carbocycles. The normalized spacial score (nSPS) is 9.14. The fourth-order valence-electron chi connectivity index (χ4n) is 0.190. The van der Waals surface area contributed by atoms with Crippen molar-refractivity contribution in [2.75, 3.05) is 12.4 Å². The second kappa shape index (κ2) is 5.52. The Kier molecular flexibility index (Phi) is 5.14. The number of allylic oxidation sites excluding steroid dienone is 1. The summed E-state index contributed by atoms with van der Waals surface area (Å²) < 4.78 is 0. The highest BCUT2D eigenvalue weighted by atomic mass is 35.5. The van der Waals surface area contributed by atoms with Gasteiger partial charge in [-0.25, -0.2) is 6.57 Å². The number of rotatable bonds is 2. The maximum absolute atomic E-state index is 6.31. The first-order valence-electron chi connectivity index (χ1n) is 1.96. The minimum atomic E-state index is 0.451. The lowest BCUT2D eigenvalue weighted by atomic mass is 10.5. The van der Waals surface area contributed by atoms with E-state index >= 15 is 0 Å². The van der Waals surface area contributed by atoms with Gasteiger partial charge >= 0.3 is 0 Å². The van der Waals surface area contributed by atoms with Gasteiger partial charge in [-0.3, -0.25) is 0 Å². The van der Waals surface area contributed by atoms with Crippen LogP contribution in [0.2, 0.25) is 0 Å². The van der Waals surface area contributed by atoms with Gasteiger partial charge in [0.15, 0.2) is 0 Å². The highest BCUT2D eigenvalue weighted by molar-refractivity contribution is 6.18. The quantitative estimate of drug-likeness (QED) is 0.293. The van der Waals surface area contributed by atoms with Gasteiger partial charge in [0.05, 0.1) is 0 Å². The summed E-state index contributed by atoms with van der Waals surface area (Å²) in [6, 6.07) is 0. The van der Waals surface area contributed by atoms with Gasteiger partial charge in [0, 0.05) is 5.88 Å². The van der Waals surface area contributed by atoms with E-state index < -0.39 is 0 Å². The zero-order chi connectivity index (χ0) is 5.54. The van der Waals surface area contributed by atoms with Crippen LogP contribution >= 0.6 is 11.6 Å². The molecule has 0 spiro atoms. The lowest BCUT2D eigenvalue weighted by molar-refractivity contribution is 1.50. The fourth-order valence-corrected chi connectivity index (χ4v) is 0.316. The third kappa shape index (κ3) is 5.52. The smallest absolute Gasteiger partial charge is 0.232 e. The average Bonchev–Trinajstić information content (AvgIpc) is 1.69. The molecular formula is C5H6ClN. The van der Waals surface area contributed by atoms with Crippen molar-refractivity contribution in [1.29, 1.82) is 0 Å². The molecule has 0 heterocycles. The Morgan fingerprint density at radius 3 is 2.71 bits per heavy atom. The van der Waals surface area contributed by atoms with Gasteiger partial charge in [0.25, 0.3) is 0 Å². The van der Waals surface area contributed by atoms with Crippen LogP contribution in [0.25, 0.3) is 4.85 Å². The van der Waals surface area contributed by atoms with E-state index in [-0.39, 0.29) is 0 Å². The molecule has 0 rings (SSSR count). The summed E-state index contributed by atoms with van der Waals surface area (Å²) in [5, 5.41) is 0. The monoisotopic (exact) mass is 115 g/mol. The highest BCUT2D eigenvalue weighted by Gasteiger charge is 1.69. The Labute approximate surface area is 48.4 Å². The van der Waals surface area contributed by atoms with Crippen LogP contribution in [0, 0.1) is 6.57 Å². The van der Waals surface area contributed by atoms with Gasteiger partial charge in [0.1, 0.15) is 0 Å². The van der Waals surface area contributed by atoms with Gasteiger partial charge in [0.2, 0.25) is 6.54 Å². The molecule has 0 amide bonds. The fraction of sp³-hybridized carbons (Fsp3) is 0.400. The van der Waals surface area contributed by atoms with Crippen LogP contribution in [-0.2, 0) is 0 Å². The van der Waals surface area contributed by atoms with Crippen molar-refractivity contribution in [3.05, 3.63) is 23.6 Å². The van der Waals surface area contributed by atoms with Crippen molar-refractivity contribution in [2.45, 2.75) is 0 Å². The van der Waals surface area contributed by atoms with E-state index in [1.807, 2.05) is 0 Å². The second-order valence-electron chi connectivity index (χ2n) is 0.966. The van der Waals surface area contributed by atoms with Crippen molar-refractivity contribution in [3.8, 4) is 0 Å². The van der Waals surface area contributed by atoms with E-state index in [1.54, 1.807) is 12.2 Å². The molecule has 2 heteroatoms. The summed E-state index contributed by atoms with van der Waals surface area (Å²) in [6.45, 7) is 6.76. The Morgan fingerprint density at radius 2 is 2.29 bits per heavy atom. The number of hydrogen-bond donors (Lipinski definition) is 0. The Morgan fingerprint density at radius 1 is 1.57 bits per heavy atom. The van der Waals surface area contributed by atoms with Crippen LogP contribution in [0.15, 0.2) is 12.2 Å². The molecule has 0 atom stereocenters. The van der Waals surface area contributed by atoms with E-state index in [1.165, 1.54) is 0 Å². The molecule has 0 bridgehead atoms. The maximum Gasteiger partial charge on any atom is 0.232 e. The lowest BCUT2D eigenvalue weighted by Gasteiger charge is -1.68. The van der Waals surface area contributed by atoms with Gasteiger partial charge in [-0.1, -0.05) is 6.08 Å². The molecule has 0 aromatic heterocycles. The molecule has 0 radical (unpaired) electrons. The third-order valence-corrected chi connectivity index (χ3v) is 0.631. The molecule has 0 N–H and O–H groups in total. The number of alkyl halides is 1. The van der Waals surface area contributed by atoms with E-state index in [9.17, 15) is 0 Å². The summed E-state index contributed by atoms with van der Waals surface area (Å²) in [4.78, 5) is 3.08. The predicted molar refractivity (Wildman–Crippen MR) is 31.3 cm³/mol. The van der Waals surface area contributed by atoms with Crippen molar-refractivity contribution in [1.82, 2.24) is 0 Å². The lowest BCUT2D eigenvalue weighted by Crippen LogP contribution is -1.64. The first-order chi connectivity index (χ1) is 3.41. The van der Waals surface area contributed by atoms with E-state index in [0.29, 0.717) is 12.4 Å². The predicted octanol–water partition coefficient (Wildman–Crippen LogP) is 1.70. The topological polar surface area (TPSA) is 4.36 Å². The van der Waals surface area contributed by atoms with Crippen molar-refractivity contribution in [3.63, 3.8) is 0 Å². The van der Waals surface area contributed by atoms with Gasteiger partial charge < -0.3 is 4.85 Å². The number of hydrogen-bond acceptors (Lipinski definition) is 0.